The number of ether oxygens (including phenoxy) is 1. The second-order valence-electron chi connectivity index (χ2n) is 5.37. The van der Waals surface area contributed by atoms with Crippen LogP contribution in [0.1, 0.15) is 31.2 Å². The molecule has 1 saturated carbocycles. The number of methoxy groups -OCH3 is 1. The Bertz CT molecular complexity index is 591. The molecule has 1 aromatic carbocycles. The Morgan fingerprint density at radius 2 is 1.86 bits per heavy atom. The molecule has 0 aliphatic heterocycles. The fourth-order valence-corrected chi connectivity index (χ4v) is 3.67. The largest absolute Gasteiger partial charge is 0.469 e. The highest BCUT2D eigenvalue weighted by atomic mass is 32.2. The van der Waals surface area contributed by atoms with Gasteiger partial charge in [0.1, 0.15) is 0 Å². The van der Waals surface area contributed by atoms with Crippen molar-refractivity contribution in [2.24, 2.45) is 5.92 Å². The first-order valence-corrected chi connectivity index (χ1v) is 8.41. The summed E-state index contributed by atoms with van der Waals surface area (Å²) in [7, 11) is -2.44. The van der Waals surface area contributed by atoms with Crippen molar-refractivity contribution in [2.45, 2.75) is 43.6 Å². The van der Waals surface area contributed by atoms with Crippen LogP contribution in [-0.2, 0) is 23.8 Å². The molecule has 1 aliphatic carbocycles. The summed E-state index contributed by atoms with van der Waals surface area (Å²) in [5, 5.41) is 0. The number of hydrogen-bond donors (Lipinski definition) is 0. The van der Waals surface area contributed by atoms with E-state index >= 15 is 0 Å². The van der Waals surface area contributed by atoms with Crippen LogP contribution in [0.3, 0.4) is 0 Å². The van der Waals surface area contributed by atoms with Gasteiger partial charge in [0.25, 0.3) is 10.1 Å². The van der Waals surface area contributed by atoms with E-state index in [2.05, 4.69) is 0 Å². The number of carbonyl (C=O) groups excluding carboxylic acids is 1. The fourth-order valence-electron chi connectivity index (χ4n) is 2.55. The molecular weight excluding hydrogens is 292 g/mol. The Hall–Kier alpha value is -1.40. The maximum Gasteiger partial charge on any atom is 0.308 e. The Morgan fingerprint density at radius 1 is 1.19 bits per heavy atom. The average Bonchev–Trinajstić information content (AvgIpc) is 2.46. The minimum absolute atomic E-state index is 0.147. The Labute approximate surface area is 125 Å². The zero-order chi connectivity index (χ0) is 15.5. The van der Waals surface area contributed by atoms with Crippen LogP contribution < -0.4 is 0 Å². The molecule has 0 amide bonds. The lowest BCUT2D eigenvalue weighted by molar-refractivity contribution is -0.147. The molecule has 0 heterocycles. The highest BCUT2D eigenvalue weighted by molar-refractivity contribution is 7.86. The van der Waals surface area contributed by atoms with Crippen LogP contribution in [0.4, 0.5) is 0 Å². The Balaban J connectivity index is 2.06. The van der Waals surface area contributed by atoms with Crippen molar-refractivity contribution in [3.63, 3.8) is 0 Å². The molecule has 1 aromatic rings. The van der Waals surface area contributed by atoms with E-state index in [1.165, 1.54) is 19.2 Å². The lowest BCUT2D eigenvalue weighted by Gasteiger charge is -2.26. The zero-order valence-corrected chi connectivity index (χ0v) is 13.1. The summed E-state index contributed by atoms with van der Waals surface area (Å²) in [6, 6.07) is 6.53. The maximum atomic E-state index is 12.2. The predicted molar refractivity (Wildman–Crippen MR) is 77.2 cm³/mol. The van der Waals surface area contributed by atoms with Crippen molar-refractivity contribution >= 4 is 16.1 Å². The lowest BCUT2D eigenvalue weighted by Crippen LogP contribution is -2.30. The molecule has 5 nitrogen and oxygen atoms in total. The molecule has 21 heavy (non-hydrogen) atoms. The molecule has 0 saturated heterocycles. The van der Waals surface area contributed by atoms with Crippen molar-refractivity contribution in [2.75, 3.05) is 7.11 Å². The molecule has 1 aliphatic rings. The van der Waals surface area contributed by atoms with Crippen molar-refractivity contribution in [3.8, 4) is 0 Å². The van der Waals surface area contributed by atoms with E-state index in [1.54, 1.807) is 12.1 Å². The van der Waals surface area contributed by atoms with E-state index in [4.69, 9.17) is 8.92 Å². The molecule has 6 heteroatoms. The predicted octanol–water partition coefficient (Wildman–Crippen LogP) is 2.43. The molecule has 0 radical (unpaired) electrons. The van der Waals surface area contributed by atoms with Gasteiger partial charge in [-0.2, -0.15) is 8.42 Å². The first kappa shape index (κ1) is 16.0. The lowest BCUT2D eigenvalue weighted by atomic mass is 9.87. The summed E-state index contributed by atoms with van der Waals surface area (Å²) in [4.78, 5) is 11.7. The Kier molecular flexibility index (Phi) is 5.00. The smallest absolute Gasteiger partial charge is 0.308 e. The van der Waals surface area contributed by atoms with Gasteiger partial charge in [-0.1, -0.05) is 17.7 Å². The van der Waals surface area contributed by atoms with Gasteiger partial charge >= 0.3 is 5.97 Å². The standard InChI is InChI=1S/C15H20O5S/c1-11-6-8-14(9-7-11)21(17,18)20-13-5-3-4-12(10-13)15(16)19-2/h6-9,12-13H,3-5,10H2,1-2H3/t12-,13+/m1/s1. The van der Waals surface area contributed by atoms with Crippen LogP contribution in [0.5, 0.6) is 0 Å². The van der Waals surface area contributed by atoms with Crippen LogP contribution in [-0.4, -0.2) is 27.6 Å². The van der Waals surface area contributed by atoms with Gasteiger partial charge in [-0.3, -0.25) is 8.98 Å². The number of aryl methyl sites for hydroxylation is 1. The Morgan fingerprint density at radius 3 is 2.48 bits per heavy atom. The summed E-state index contributed by atoms with van der Waals surface area (Å²) in [5.41, 5.74) is 0.984. The van der Waals surface area contributed by atoms with Gasteiger partial charge in [-0.05, 0) is 44.7 Å². The topological polar surface area (TPSA) is 69.7 Å². The number of hydrogen-bond acceptors (Lipinski definition) is 5. The minimum atomic E-state index is -3.78. The summed E-state index contributed by atoms with van der Waals surface area (Å²) in [6.45, 7) is 1.89. The fraction of sp³-hybridized carbons (Fsp3) is 0.533. The molecule has 2 atom stereocenters. The number of benzene rings is 1. The number of esters is 1. The van der Waals surface area contributed by atoms with Gasteiger partial charge in [-0.25, -0.2) is 0 Å². The number of carbonyl (C=O) groups is 1. The molecule has 0 aromatic heterocycles. The molecule has 2 rings (SSSR count). The van der Waals surface area contributed by atoms with Crippen LogP contribution in [0, 0.1) is 12.8 Å². The zero-order valence-electron chi connectivity index (χ0n) is 12.2. The third-order valence-electron chi connectivity index (χ3n) is 3.73. The molecule has 116 valence electrons. The van der Waals surface area contributed by atoms with E-state index < -0.39 is 16.2 Å². The van der Waals surface area contributed by atoms with Crippen molar-refractivity contribution < 1.29 is 22.1 Å². The van der Waals surface area contributed by atoms with E-state index in [9.17, 15) is 13.2 Å². The third kappa shape index (κ3) is 4.04. The minimum Gasteiger partial charge on any atom is -0.469 e. The summed E-state index contributed by atoms with van der Waals surface area (Å²) < 4.78 is 34.5. The van der Waals surface area contributed by atoms with Crippen molar-refractivity contribution in [1.82, 2.24) is 0 Å². The third-order valence-corrected chi connectivity index (χ3v) is 5.11. The second kappa shape index (κ2) is 6.58. The molecule has 1 fully saturated rings. The molecule has 0 spiro atoms. The maximum absolute atomic E-state index is 12.2. The monoisotopic (exact) mass is 312 g/mol. The quantitative estimate of drug-likeness (QED) is 0.631. The van der Waals surface area contributed by atoms with Crippen LogP contribution >= 0.6 is 0 Å². The van der Waals surface area contributed by atoms with Crippen molar-refractivity contribution in [3.05, 3.63) is 29.8 Å². The van der Waals surface area contributed by atoms with Crippen LogP contribution in [0.2, 0.25) is 0 Å². The van der Waals surface area contributed by atoms with Crippen molar-refractivity contribution in [1.29, 1.82) is 0 Å². The summed E-state index contributed by atoms with van der Waals surface area (Å²) >= 11 is 0. The summed E-state index contributed by atoms with van der Waals surface area (Å²) in [5.74, 6) is -0.571. The van der Waals surface area contributed by atoms with Gasteiger partial charge in [0.05, 0.1) is 24.0 Å². The van der Waals surface area contributed by atoms with E-state index in [0.29, 0.717) is 12.8 Å². The molecule has 0 N–H and O–H groups in total. The normalized spacial score (nSPS) is 22.8. The van der Waals surface area contributed by atoms with Gasteiger partial charge in [0.2, 0.25) is 0 Å². The SMILES string of the molecule is COC(=O)[C@@H]1CCC[C@H](OS(=O)(=O)c2ccc(C)cc2)C1. The second-order valence-corrected chi connectivity index (χ2v) is 6.94. The van der Waals surface area contributed by atoms with Crippen LogP contribution in [0.25, 0.3) is 0 Å². The molecular formula is C15H20O5S. The molecule has 0 unspecified atom stereocenters. The highest BCUT2D eigenvalue weighted by Gasteiger charge is 2.31. The van der Waals surface area contributed by atoms with E-state index in [-0.39, 0.29) is 16.8 Å². The number of rotatable bonds is 4. The first-order valence-electron chi connectivity index (χ1n) is 7.00. The molecule has 0 bridgehead atoms. The van der Waals surface area contributed by atoms with Gasteiger partial charge in [0.15, 0.2) is 0 Å². The highest BCUT2D eigenvalue weighted by Crippen LogP contribution is 2.29. The van der Waals surface area contributed by atoms with Gasteiger partial charge < -0.3 is 4.74 Å². The summed E-state index contributed by atoms with van der Waals surface area (Å²) in [6.07, 6.45) is 2.04. The average molecular weight is 312 g/mol. The van der Waals surface area contributed by atoms with E-state index in [0.717, 1.165) is 18.4 Å². The van der Waals surface area contributed by atoms with Gasteiger partial charge in [0, 0.05) is 0 Å². The van der Waals surface area contributed by atoms with E-state index in [1.807, 2.05) is 6.92 Å². The first-order chi connectivity index (χ1) is 9.92. The van der Waals surface area contributed by atoms with Crippen LogP contribution in [0.15, 0.2) is 29.2 Å². The van der Waals surface area contributed by atoms with Gasteiger partial charge in [-0.15, -0.1) is 0 Å².